The molecule has 4 N–H and O–H groups in total. The van der Waals surface area contributed by atoms with Crippen LogP contribution in [0.2, 0.25) is 0 Å². The Labute approximate surface area is 158 Å². The van der Waals surface area contributed by atoms with Crippen LogP contribution in [0.15, 0.2) is 54.6 Å². The molecule has 2 rings (SSSR count). The Morgan fingerprint density at radius 2 is 1.48 bits per heavy atom. The molecule has 0 heterocycles. The minimum Gasteiger partial charge on any atom is -0.354 e. The molecule has 0 fully saturated rings. The predicted octanol–water partition coefficient (Wildman–Crippen LogP) is 2.26. The minimum atomic E-state index is -0.317. The van der Waals surface area contributed by atoms with Gasteiger partial charge in [-0.05, 0) is 29.8 Å². The second-order valence-electron chi connectivity index (χ2n) is 5.83. The molecule has 7 heteroatoms. The number of urea groups is 1. The molecule has 2 aromatic carbocycles. The van der Waals surface area contributed by atoms with Gasteiger partial charge in [0, 0.05) is 37.3 Å². The van der Waals surface area contributed by atoms with Gasteiger partial charge < -0.3 is 21.3 Å². The average Bonchev–Trinajstić information content (AvgIpc) is 2.70. The van der Waals surface area contributed by atoms with E-state index in [4.69, 9.17) is 0 Å². The molecule has 2 aromatic rings. The van der Waals surface area contributed by atoms with Crippen molar-refractivity contribution >= 4 is 23.5 Å². The van der Waals surface area contributed by atoms with E-state index >= 15 is 0 Å². The lowest BCUT2D eigenvalue weighted by Gasteiger charge is -2.09. The molecule has 0 aliphatic heterocycles. The number of rotatable bonds is 8. The highest BCUT2D eigenvalue weighted by atomic mass is 16.2. The standard InChI is InChI=1S/C20H24N4O3/c1-2-18(25)21-12-13-22-19(26)16-8-10-17(11-9-16)24-20(27)23-14-15-6-4-3-5-7-15/h3-11H,2,12-14H2,1H3,(H,21,25)(H,22,26)(H2,23,24,27). The van der Waals surface area contributed by atoms with Crippen molar-refractivity contribution in [1.29, 1.82) is 0 Å². The molecule has 0 saturated heterocycles. The fourth-order valence-corrected chi connectivity index (χ4v) is 2.26. The van der Waals surface area contributed by atoms with E-state index in [2.05, 4.69) is 21.3 Å². The largest absolute Gasteiger partial charge is 0.354 e. The van der Waals surface area contributed by atoms with Gasteiger partial charge in [-0.25, -0.2) is 4.79 Å². The molecular weight excluding hydrogens is 344 g/mol. The highest BCUT2D eigenvalue weighted by molar-refractivity contribution is 5.95. The van der Waals surface area contributed by atoms with Gasteiger partial charge in [0.1, 0.15) is 0 Å². The lowest BCUT2D eigenvalue weighted by molar-refractivity contribution is -0.120. The number of hydrogen-bond acceptors (Lipinski definition) is 3. The van der Waals surface area contributed by atoms with E-state index in [1.807, 2.05) is 30.3 Å². The first-order valence-electron chi connectivity index (χ1n) is 8.82. The summed E-state index contributed by atoms with van der Waals surface area (Å²) in [6.45, 7) is 2.94. The van der Waals surface area contributed by atoms with Crippen LogP contribution in [0.1, 0.15) is 29.3 Å². The first kappa shape index (κ1) is 20.0. The summed E-state index contributed by atoms with van der Waals surface area (Å²) in [4.78, 5) is 35.1. The minimum absolute atomic E-state index is 0.0507. The molecule has 0 aliphatic rings. The van der Waals surface area contributed by atoms with E-state index in [9.17, 15) is 14.4 Å². The van der Waals surface area contributed by atoms with Crippen molar-refractivity contribution < 1.29 is 14.4 Å². The third kappa shape index (κ3) is 7.19. The normalized spacial score (nSPS) is 9.96. The second-order valence-corrected chi connectivity index (χ2v) is 5.83. The van der Waals surface area contributed by atoms with Gasteiger partial charge in [-0.1, -0.05) is 37.3 Å². The molecule has 0 atom stereocenters. The van der Waals surface area contributed by atoms with E-state index in [0.29, 0.717) is 37.3 Å². The van der Waals surface area contributed by atoms with E-state index in [1.54, 1.807) is 31.2 Å². The number of hydrogen-bond donors (Lipinski definition) is 4. The van der Waals surface area contributed by atoms with Crippen LogP contribution in [0.3, 0.4) is 0 Å². The van der Waals surface area contributed by atoms with Crippen LogP contribution in [-0.4, -0.2) is 30.9 Å². The van der Waals surface area contributed by atoms with Crippen LogP contribution < -0.4 is 21.3 Å². The van der Waals surface area contributed by atoms with Crippen molar-refractivity contribution in [3.8, 4) is 0 Å². The SMILES string of the molecule is CCC(=O)NCCNC(=O)c1ccc(NC(=O)NCc2ccccc2)cc1. The zero-order valence-electron chi connectivity index (χ0n) is 15.2. The van der Waals surface area contributed by atoms with Crippen LogP contribution in [0, 0.1) is 0 Å². The first-order chi connectivity index (χ1) is 13.1. The van der Waals surface area contributed by atoms with Crippen LogP contribution in [0.25, 0.3) is 0 Å². The molecular formula is C20H24N4O3. The first-order valence-corrected chi connectivity index (χ1v) is 8.82. The zero-order valence-corrected chi connectivity index (χ0v) is 15.2. The topological polar surface area (TPSA) is 99.3 Å². The lowest BCUT2D eigenvalue weighted by atomic mass is 10.2. The summed E-state index contributed by atoms with van der Waals surface area (Å²) in [5.41, 5.74) is 2.08. The van der Waals surface area contributed by atoms with Crippen molar-refractivity contribution in [1.82, 2.24) is 16.0 Å². The van der Waals surface area contributed by atoms with E-state index in [0.717, 1.165) is 5.56 Å². The van der Waals surface area contributed by atoms with Crippen molar-refractivity contribution in [3.05, 3.63) is 65.7 Å². The Kier molecular flexibility index (Phi) is 7.84. The van der Waals surface area contributed by atoms with Crippen molar-refractivity contribution in [2.45, 2.75) is 19.9 Å². The summed E-state index contributed by atoms with van der Waals surface area (Å²) >= 11 is 0. The van der Waals surface area contributed by atoms with Crippen LogP contribution in [0.5, 0.6) is 0 Å². The van der Waals surface area contributed by atoms with Gasteiger partial charge in [0.2, 0.25) is 5.91 Å². The predicted molar refractivity (Wildman–Crippen MR) is 104 cm³/mol. The molecule has 0 aliphatic carbocycles. The number of benzene rings is 2. The third-order valence-electron chi connectivity index (χ3n) is 3.75. The van der Waals surface area contributed by atoms with Crippen LogP contribution >= 0.6 is 0 Å². The molecule has 142 valence electrons. The summed E-state index contributed by atoms with van der Waals surface area (Å²) in [6, 6.07) is 15.9. The lowest BCUT2D eigenvalue weighted by Crippen LogP contribution is -2.34. The van der Waals surface area contributed by atoms with Crippen molar-refractivity contribution in [3.63, 3.8) is 0 Å². The molecule has 0 spiro atoms. The summed E-state index contributed by atoms with van der Waals surface area (Å²) < 4.78 is 0. The second kappa shape index (κ2) is 10.6. The number of amides is 4. The Morgan fingerprint density at radius 3 is 2.15 bits per heavy atom. The van der Waals surface area contributed by atoms with Crippen LogP contribution in [-0.2, 0) is 11.3 Å². The molecule has 27 heavy (non-hydrogen) atoms. The van der Waals surface area contributed by atoms with Gasteiger partial charge in [-0.3, -0.25) is 9.59 Å². The molecule has 7 nitrogen and oxygen atoms in total. The third-order valence-corrected chi connectivity index (χ3v) is 3.75. The quantitative estimate of drug-likeness (QED) is 0.538. The van der Waals surface area contributed by atoms with Crippen molar-refractivity contribution in [2.75, 3.05) is 18.4 Å². The maximum Gasteiger partial charge on any atom is 0.319 e. The Bertz CT molecular complexity index is 761. The van der Waals surface area contributed by atoms with Gasteiger partial charge >= 0.3 is 6.03 Å². The van der Waals surface area contributed by atoms with Gasteiger partial charge in [0.05, 0.1) is 0 Å². The van der Waals surface area contributed by atoms with Gasteiger partial charge in [0.25, 0.3) is 5.91 Å². The summed E-state index contributed by atoms with van der Waals surface area (Å²) in [6.07, 6.45) is 0.418. The monoisotopic (exact) mass is 368 g/mol. The van der Waals surface area contributed by atoms with Gasteiger partial charge in [-0.15, -0.1) is 0 Å². The van der Waals surface area contributed by atoms with E-state index in [-0.39, 0.29) is 17.8 Å². The molecule has 0 bridgehead atoms. The fourth-order valence-electron chi connectivity index (χ4n) is 2.26. The maximum atomic E-state index is 12.0. The molecule has 0 radical (unpaired) electrons. The number of carbonyl (C=O) groups is 3. The van der Waals surface area contributed by atoms with E-state index < -0.39 is 0 Å². The van der Waals surface area contributed by atoms with E-state index in [1.165, 1.54) is 0 Å². The Morgan fingerprint density at radius 1 is 0.815 bits per heavy atom. The van der Waals surface area contributed by atoms with Gasteiger partial charge in [-0.2, -0.15) is 0 Å². The summed E-state index contributed by atoms with van der Waals surface area (Å²) in [5, 5.41) is 10.9. The molecule has 0 aromatic heterocycles. The highest BCUT2D eigenvalue weighted by Gasteiger charge is 2.06. The highest BCUT2D eigenvalue weighted by Crippen LogP contribution is 2.09. The number of nitrogens with one attached hydrogen (secondary N) is 4. The molecule has 0 unspecified atom stereocenters. The smallest absolute Gasteiger partial charge is 0.319 e. The number of anilines is 1. The maximum absolute atomic E-state index is 12.0. The Balaban J connectivity index is 1.74. The van der Waals surface area contributed by atoms with Gasteiger partial charge in [0.15, 0.2) is 0 Å². The number of carbonyl (C=O) groups excluding carboxylic acids is 3. The van der Waals surface area contributed by atoms with Crippen LogP contribution in [0.4, 0.5) is 10.5 Å². The van der Waals surface area contributed by atoms with Crippen molar-refractivity contribution in [2.24, 2.45) is 0 Å². The summed E-state index contributed by atoms with van der Waals surface area (Å²) in [5.74, 6) is -0.286. The summed E-state index contributed by atoms with van der Waals surface area (Å²) in [7, 11) is 0. The Hall–Kier alpha value is -3.35. The average molecular weight is 368 g/mol. The molecule has 0 saturated carbocycles. The zero-order chi connectivity index (χ0) is 19.5. The fraction of sp³-hybridized carbons (Fsp3) is 0.250. The molecule has 4 amide bonds.